The van der Waals surface area contributed by atoms with Gasteiger partial charge in [-0.15, -0.1) is 0 Å². The van der Waals surface area contributed by atoms with Gasteiger partial charge in [0.1, 0.15) is 0 Å². The molecule has 0 radical (unpaired) electrons. The Hall–Kier alpha value is -1.35. The van der Waals surface area contributed by atoms with Gasteiger partial charge >= 0.3 is 0 Å². The first-order valence-corrected chi connectivity index (χ1v) is 4.38. The topological polar surface area (TPSA) is 55.1 Å². The van der Waals surface area contributed by atoms with Crippen LogP contribution in [0.25, 0.3) is 0 Å². The molecular formula is C10H12N2O. The number of nitrogens with two attached hydrogens (primary N) is 1. The zero-order valence-corrected chi connectivity index (χ0v) is 7.29. The van der Waals surface area contributed by atoms with Crippen molar-refractivity contribution in [3.63, 3.8) is 0 Å². The molecule has 13 heavy (non-hydrogen) atoms. The summed E-state index contributed by atoms with van der Waals surface area (Å²) in [5.41, 5.74) is 7.80. The molecule has 1 heterocycles. The zero-order valence-electron chi connectivity index (χ0n) is 7.29. The average Bonchev–Trinajstić information content (AvgIpc) is 2.18. The third kappa shape index (κ3) is 1.31. The lowest BCUT2D eigenvalue weighted by Gasteiger charge is -2.23. The minimum absolute atomic E-state index is 0.0428. The van der Waals surface area contributed by atoms with E-state index < -0.39 is 0 Å². The summed E-state index contributed by atoms with van der Waals surface area (Å²) in [5.74, 6) is -0.119. The van der Waals surface area contributed by atoms with Gasteiger partial charge in [0.05, 0.1) is 5.92 Å². The van der Waals surface area contributed by atoms with Crippen molar-refractivity contribution in [2.45, 2.75) is 12.5 Å². The van der Waals surface area contributed by atoms with Gasteiger partial charge in [-0.05, 0) is 11.1 Å². The van der Waals surface area contributed by atoms with Crippen LogP contribution in [0.3, 0.4) is 0 Å². The Bertz CT molecular complexity index is 335. The number of carbonyl (C=O) groups is 1. The molecule has 0 saturated heterocycles. The summed E-state index contributed by atoms with van der Waals surface area (Å²) in [5, 5.41) is 2.82. The van der Waals surface area contributed by atoms with Gasteiger partial charge in [-0.3, -0.25) is 4.79 Å². The van der Waals surface area contributed by atoms with E-state index in [4.69, 9.17) is 5.73 Å². The van der Waals surface area contributed by atoms with Gasteiger partial charge in [0.2, 0.25) is 5.91 Å². The van der Waals surface area contributed by atoms with E-state index in [0.717, 1.165) is 5.56 Å². The first kappa shape index (κ1) is 8.26. The predicted octanol–water partition coefficient (Wildman–Crippen LogP) is 0.359. The smallest absolute Gasteiger partial charge is 0.229 e. The van der Waals surface area contributed by atoms with Gasteiger partial charge in [-0.2, -0.15) is 0 Å². The van der Waals surface area contributed by atoms with Crippen LogP contribution in [0, 0.1) is 0 Å². The van der Waals surface area contributed by atoms with E-state index in [9.17, 15) is 4.79 Å². The molecule has 1 atom stereocenters. The van der Waals surface area contributed by atoms with Crippen molar-refractivity contribution >= 4 is 5.91 Å². The van der Waals surface area contributed by atoms with Crippen LogP contribution >= 0.6 is 0 Å². The summed E-state index contributed by atoms with van der Waals surface area (Å²) < 4.78 is 0. The second kappa shape index (κ2) is 3.18. The molecule has 0 saturated carbocycles. The van der Waals surface area contributed by atoms with Crippen molar-refractivity contribution in [3.05, 3.63) is 35.4 Å². The van der Waals surface area contributed by atoms with Crippen molar-refractivity contribution in [3.8, 4) is 0 Å². The van der Waals surface area contributed by atoms with Crippen molar-refractivity contribution in [1.29, 1.82) is 0 Å². The molecule has 68 valence electrons. The van der Waals surface area contributed by atoms with Crippen LogP contribution in [0.15, 0.2) is 24.3 Å². The van der Waals surface area contributed by atoms with Crippen LogP contribution in [-0.2, 0) is 11.3 Å². The maximum Gasteiger partial charge on any atom is 0.229 e. The van der Waals surface area contributed by atoms with Gasteiger partial charge in [0.25, 0.3) is 0 Å². The molecule has 1 aromatic rings. The lowest BCUT2D eigenvalue weighted by atomic mass is 9.90. The maximum atomic E-state index is 11.4. The molecule has 1 aliphatic rings. The third-order valence-electron chi connectivity index (χ3n) is 2.44. The molecular weight excluding hydrogens is 164 g/mol. The van der Waals surface area contributed by atoms with Gasteiger partial charge in [-0.1, -0.05) is 24.3 Å². The van der Waals surface area contributed by atoms with Gasteiger partial charge in [0, 0.05) is 13.1 Å². The third-order valence-corrected chi connectivity index (χ3v) is 2.44. The predicted molar refractivity (Wildman–Crippen MR) is 50.1 cm³/mol. The van der Waals surface area contributed by atoms with Gasteiger partial charge in [-0.25, -0.2) is 0 Å². The van der Waals surface area contributed by atoms with E-state index in [0.29, 0.717) is 13.1 Å². The highest BCUT2D eigenvalue weighted by Crippen LogP contribution is 2.23. The SMILES string of the molecule is NC[C@@H]1C(=O)NCc2ccccc21. The standard InChI is InChI=1S/C10H12N2O/c11-5-9-8-4-2-1-3-7(8)6-12-10(9)13/h1-4,9H,5-6,11H2,(H,12,13)/t9-/m0/s1. The number of hydrogen-bond donors (Lipinski definition) is 2. The van der Waals surface area contributed by atoms with E-state index in [1.807, 2.05) is 24.3 Å². The van der Waals surface area contributed by atoms with Gasteiger partial charge < -0.3 is 11.1 Å². The maximum absolute atomic E-state index is 11.4. The highest BCUT2D eigenvalue weighted by molar-refractivity contribution is 5.85. The van der Waals surface area contributed by atoms with Crippen LogP contribution in [0.4, 0.5) is 0 Å². The molecule has 0 aliphatic carbocycles. The van der Waals surface area contributed by atoms with Crippen LogP contribution in [0.2, 0.25) is 0 Å². The number of carbonyl (C=O) groups excluding carboxylic acids is 1. The van der Waals surface area contributed by atoms with Crippen LogP contribution in [0.1, 0.15) is 17.0 Å². The average molecular weight is 176 g/mol. The molecule has 1 aromatic carbocycles. The van der Waals surface area contributed by atoms with Crippen molar-refractivity contribution < 1.29 is 4.79 Å². The molecule has 1 amide bonds. The number of fused-ring (bicyclic) bond motifs is 1. The number of rotatable bonds is 1. The van der Waals surface area contributed by atoms with Crippen LogP contribution in [-0.4, -0.2) is 12.5 Å². The lowest BCUT2D eigenvalue weighted by Crippen LogP contribution is -2.37. The van der Waals surface area contributed by atoms with Crippen molar-refractivity contribution in [1.82, 2.24) is 5.32 Å². The number of benzene rings is 1. The molecule has 0 aromatic heterocycles. The monoisotopic (exact) mass is 176 g/mol. The first-order valence-electron chi connectivity index (χ1n) is 4.38. The Kier molecular flexibility index (Phi) is 2.02. The lowest BCUT2D eigenvalue weighted by molar-refractivity contribution is -0.123. The van der Waals surface area contributed by atoms with Gasteiger partial charge in [0.15, 0.2) is 0 Å². The summed E-state index contributed by atoms with van der Waals surface area (Å²) in [4.78, 5) is 11.4. The van der Waals surface area contributed by atoms with E-state index >= 15 is 0 Å². The summed E-state index contributed by atoms with van der Waals surface area (Å²) >= 11 is 0. The largest absolute Gasteiger partial charge is 0.351 e. The quantitative estimate of drug-likeness (QED) is 0.649. The Morgan fingerprint density at radius 2 is 2.23 bits per heavy atom. The Labute approximate surface area is 76.9 Å². The fourth-order valence-corrected chi connectivity index (χ4v) is 1.72. The highest BCUT2D eigenvalue weighted by Gasteiger charge is 2.25. The highest BCUT2D eigenvalue weighted by atomic mass is 16.1. The van der Waals surface area contributed by atoms with E-state index in [2.05, 4.69) is 5.32 Å². The minimum Gasteiger partial charge on any atom is -0.351 e. The zero-order chi connectivity index (χ0) is 9.26. The Morgan fingerprint density at radius 1 is 1.46 bits per heavy atom. The Balaban J connectivity index is 2.45. The first-order chi connectivity index (χ1) is 6.33. The number of amides is 1. The minimum atomic E-state index is -0.162. The summed E-state index contributed by atoms with van der Waals surface area (Å²) in [6, 6.07) is 7.92. The van der Waals surface area contributed by atoms with Crippen molar-refractivity contribution in [2.24, 2.45) is 5.73 Å². The molecule has 3 nitrogen and oxygen atoms in total. The van der Waals surface area contributed by atoms with Crippen LogP contribution < -0.4 is 11.1 Å². The van der Waals surface area contributed by atoms with Crippen molar-refractivity contribution in [2.75, 3.05) is 6.54 Å². The normalized spacial score (nSPS) is 20.7. The molecule has 0 bridgehead atoms. The molecule has 1 aliphatic heterocycles. The molecule has 3 N–H and O–H groups in total. The molecule has 0 spiro atoms. The fourth-order valence-electron chi connectivity index (χ4n) is 1.72. The molecule has 3 heteroatoms. The second-order valence-electron chi connectivity index (χ2n) is 3.20. The molecule has 0 fully saturated rings. The fraction of sp³-hybridized carbons (Fsp3) is 0.300. The second-order valence-corrected chi connectivity index (χ2v) is 3.20. The van der Waals surface area contributed by atoms with E-state index in [1.54, 1.807) is 0 Å². The summed E-state index contributed by atoms with van der Waals surface area (Å²) in [7, 11) is 0. The summed E-state index contributed by atoms with van der Waals surface area (Å²) in [6.45, 7) is 1.01. The van der Waals surface area contributed by atoms with E-state index in [1.165, 1.54) is 5.56 Å². The molecule has 0 unspecified atom stereocenters. The van der Waals surface area contributed by atoms with E-state index in [-0.39, 0.29) is 11.8 Å². The number of nitrogens with one attached hydrogen (secondary N) is 1. The Morgan fingerprint density at radius 3 is 3.00 bits per heavy atom. The van der Waals surface area contributed by atoms with Crippen LogP contribution in [0.5, 0.6) is 0 Å². The summed E-state index contributed by atoms with van der Waals surface area (Å²) in [6.07, 6.45) is 0. The number of hydrogen-bond acceptors (Lipinski definition) is 2. The molecule has 2 rings (SSSR count).